The second-order valence-corrected chi connectivity index (χ2v) is 7.74. The van der Waals surface area contributed by atoms with Crippen molar-refractivity contribution in [3.63, 3.8) is 0 Å². The van der Waals surface area contributed by atoms with Crippen LogP contribution in [0.1, 0.15) is 43.9 Å². The first-order valence-electron chi connectivity index (χ1n) is 11.1. The van der Waals surface area contributed by atoms with Gasteiger partial charge in [-0.25, -0.2) is 5.01 Å². The molecule has 1 aliphatic heterocycles. The first kappa shape index (κ1) is 25.9. The number of carbonyl (C=O) groups is 2. The summed E-state index contributed by atoms with van der Waals surface area (Å²) in [5, 5.41) is 9.97. The van der Waals surface area contributed by atoms with Gasteiger partial charge in [-0.05, 0) is 63.4 Å². The average molecular weight is 447 g/mol. The van der Waals surface area contributed by atoms with Crippen molar-refractivity contribution in [2.24, 2.45) is 5.92 Å². The van der Waals surface area contributed by atoms with Crippen molar-refractivity contribution in [2.45, 2.75) is 41.0 Å². The number of anilines is 1. The Bertz CT molecular complexity index is 1020. The summed E-state index contributed by atoms with van der Waals surface area (Å²) in [7, 11) is 0.969. The van der Waals surface area contributed by atoms with Crippen LogP contribution in [-0.4, -0.2) is 30.9 Å². The molecule has 0 spiro atoms. The summed E-state index contributed by atoms with van der Waals surface area (Å²) in [4.78, 5) is 22.9. The van der Waals surface area contributed by atoms with E-state index in [0.717, 1.165) is 26.3 Å². The van der Waals surface area contributed by atoms with Crippen molar-refractivity contribution >= 4 is 36.5 Å². The second-order valence-electron chi connectivity index (χ2n) is 7.74. The third-order valence-electron chi connectivity index (χ3n) is 5.28. The summed E-state index contributed by atoms with van der Waals surface area (Å²) < 4.78 is 5.78. The van der Waals surface area contributed by atoms with Gasteiger partial charge < -0.3 is 9.76 Å². The largest absolute Gasteiger partial charge is 0.493 e. The van der Waals surface area contributed by atoms with Crippen LogP contribution in [0.4, 0.5) is 5.69 Å². The van der Waals surface area contributed by atoms with Gasteiger partial charge in [0.25, 0.3) is 11.8 Å². The number of amides is 2. The van der Waals surface area contributed by atoms with Crippen molar-refractivity contribution in [2.75, 3.05) is 11.6 Å². The molecule has 6 nitrogen and oxygen atoms in total. The number of carbonyl (C=O) groups excluding carboxylic acids is 2. The van der Waals surface area contributed by atoms with Gasteiger partial charge in [0.05, 0.1) is 12.3 Å². The fraction of sp³-hybridized carbons (Fsp3) is 0.308. The maximum absolute atomic E-state index is 11.7. The van der Waals surface area contributed by atoms with Crippen molar-refractivity contribution in [1.82, 2.24) is 5.43 Å². The Kier molecular flexibility index (Phi) is 9.95. The Labute approximate surface area is 197 Å². The van der Waals surface area contributed by atoms with Gasteiger partial charge >= 0.3 is 7.48 Å². The van der Waals surface area contributed by atoms with Crippen molar-refractivity contribution in [1.29, 1.82) is 0 Å². The van der Waals surface area contributed by atoms with Gasteiger partial charge in [-0.15, -0.1) is 0 Å². The standard InChI is InChI=1S/C16H22O.C10H10BN2O3/c1-5-7-8-9-15-14(4)13(3)10-11-16(15)17-12-6-2;1-6-9(14)12-13(10(6)15)8-4-2-7(11-16)3-5-8/h5,7-11H,6,12H2,1-4H3;2-6,16H,1H3,(H,12,14)/b7-5-,9-8-;. The zero-order chi connectivity index (χ0) is 24.4. The summed E-state index contributed by atoms with van der Waals surface area (Å²) in [5.41, 5.74) is 7.47. The lowest BCUT2D eigenvalue weighted by Gasteiger charge is -2.15. The molecule has 1 fully saturated rings. The molecule has 2 amide bonds. The SMILES string of the molecule is C/C=C\C=C/c1c(OCCC)ccc(C)c1C.CC1C(=O)NN(c2ccc([B]O)cc2)C1=O. The number of rotatable bonds is 7. The molecule has 1 heterocycles. The van der Waals surface area contributed by atoms with Crippen LogP contribution in [0, 0.1) is 19.8 Å². The number of nitrogens with zero attached hydrogens (tertiary/aromatic N) is 1. The lowest BCUT2D eigenvalue weighted by molar-refractivity contribution is -0.126. The van der Waals surface area contributed by atoms with Crippen LogP contribution in [0.2, 0.25) is 0 Å². The molecule has 0 aliphatic carbocycles. The Balaban J connectivity index is 0.000000234. The molecule has 2 aromatic rings. The van der Waals surface area contributed by atoms with Crippen LogP contribution in [-0.2, 0) is 9.59 Å². The van der Waals surface area contributed by atoms with Crippen molar-refractivity contribution in [3.05, 3.63) is 71.3 Å². The Morgan fingerprint density at radius 3 is 2.36 bits per heavy atom. The number of ether oxygens (including phenoxy) is 1. The van der Waals surface area contributed by atoms with Gasteiger partial charge in [0, 0.05) is 5.56 Å². The van der Waals surface area contributed by atoms with Crippen molar-refractivity contribution in [3.8, 4) is 5.75 Å². The minimum absolute atomic E-state index is 0.272. The van der Waals surface area contributed by atoms with Gasteiger partial charge in [-0.1, -0.05) is 54.9 Å². The van der Waals surface area contributed by atoms with E-state index in [1.165, 1.54) is 21.7 Å². The van der Waals surface area contributed by atoms with E-state index in [1.54, 1.807) is 31.2 Å². The Morgan fingerprint density at radius 1 is 1.12 bits per heavy atom. The van der Waals surface area contributed by atoms with E-state index in [1.807, 2.05) is 19.1 Å². The maximum Gasteiger partial charge on any atom is 0.326 e. The monoisotopic (exact) mass is 447 g/mol. The van der Waals surface area contributed by atoms with Crippen molar-refractivity contribution < 1.29 is 19.3 Å². The minimum atomic E-state index is -0.649. The lowest BCUT2D eigenvalue weighted by atomic mass is 9.89. The van der Waals surface area contributed by atoms with E-state index < -0.39 is 5.92 Å². The maximum atomic E-state index is 11.7. The molecule has 7 heteroatoms. The van der Waals surface area contributed by atoms with Gasteiger partial charge in [-0.3, -0.25) is 15.0 Å². The zero-order valence-electron chi connectivity index (χ0n) is 20.0. The second kappa shape index (κ2) is 12.7. The quantitative estimate of drug-likeness (QED) is 0.386. The summed E-state index contributed by atoms with van der Waals surface area (Å²) in [6, 6.07) is 10.8. The molecular weight excluding hydrogens is 415 g/mol. The molecule has 3 rings (SSSR count). The Hall–Kier alpha value is -3.32. The van der Waals surface area contributed by atoms with Gasteiger partial charge in [0.15, 0.2) is 0 Å². The van der Waals surface area contributed by atoms with Crippen LogP contribution >= 0.6 is 0 Å². The van der Waals surface area contributed by atoms with Gasteiger partial charge in [0.2, 0.25) is 0 Å². The topological polar surface area (TPSA) is 78.9 Å². The van der Waals surface area contributed by atoms with E-state index in [4.69, 9.17) is 9.76 Å². The van der Waals surface area contributed by atoms with Crippen LogP contribution in [0.3, 0.4) is 0 Å². The van der Waals surface area contributed by atoms with Gasteiger partial charge in [-0.2, -0.15) is 0 Å². The minimum Gasteiger partial charge on any atom is -0.493 e. The molecule has 1 unspecified atom stereocenters. The fourth-order valence-corrected chi connectivity index (χ4v) is 3.09. The highest BCUT2D eigenvalue weighted by molar-refractivity contribution is 6.45. The summed E-state index contributed by atoms with van der Waals surface area (Å²) >= 11 is 0. The Morgan fingerprint density at radius 2 is 1.82 bits per heavy atom. The number of benzene rings is 2. The summed E-state index contributed by atoms with van der Waals surface area (Å²) in [6.07, 6.45) is 9.26. The molecule has 1 radical (unpaired) electrons. The molecule has 173 valence electrons. The lowest BCUT2D eigenvalue weighted by Crippen LogP contribution is -2.36. The predicted octanol–water partition coefficient (Wildman–Crippen LogP) is 3.62. The average Bonchev–Trinajstić information content (AvgIpc) is 3.09. The number of hydrogen-bond donors (Lipinski definition) is 2. The number of hydrogen-bond acceptors (Lipinski definition) is 4. The first-order chi connectivity index (χ1) is 15.8. The smallest absolute Gasteiger partial charge is 0.326 e. The molecule has 1 aliphatic rings. The van der Waals surface area contributed by atoms with E-state index in [2.05, 4.69) is 50.5 Å². The first-order valence-corrected chi connectivity index (χ1v) is 11.1. The van der Waals surface area contributed by atoms with Crippen LogP contribution in [0.25, 0.3) is 6.08 Å². The molecule has 0 saturated carbocycles. The molecule has 1 atom stereocenters. The molecule has 2 N–H and O–H groups in total. The van der Waals surface area contributed by atoms with Crippen LogP contribution in [0.15, 0.2) is 54.6 Å². The highest BCUT2D eigenvalue weighted by atomic mass is 16.5. The van der Waals surface area contributed by atoms with Gasteiger partial charge in [0.1, 0.15) is 11.7 Å². The number of hydrazine groups is 1. The van der Waals surface area contributed by atoms with E-state index in [0.29, 0.717) is 11.2 Å². The molecule has 1 saturated heterocycles. The highest BCUT2D eigenvalue weighted by Crippen LogP contribution is 2.26. The highest BCUT2D eigenvalue weighted by Gasteiger charge is 2.36. The van der Waals surface area contributed by atoms with E-state index >= 15 is 0 Å². The number of aryl methyl sites for hydroxylation is 1. The third kappa shape index (κ3) is 6.83. The van der Waals surface area contributed by atoms with Crippen LogP contribution in [0.5, 0.6) is 5.75 Å². The molecule has 0 bridgehead atoms. The zero-order valence-corrected chi connectivity index (χ0v) is 20.0. The molecule has 0 aromatic heterocycles. The number of allylic oxidation sites excluding steroid dienone is 3. The molecule has 2 aromatic carbocycles. The predicted molar refractivity (Wildman–Crippen MR) is 134 cm³/mol. The number of nitrogens with one attached hydrogen (secondary N) is 1. The third-order valence-corrected chi connectivity index (χ3v) is 5.28. The van der Waals surface area contributed by atoms with E-state index in [-0.39, 0.29) is 11.8 Å². The summed E-state index contributed by atoms with van der Waals surface area (Å²) in [5.74, 6) is -0.242. The summed E-state index contributed by atoms with van der Waals surface area (Å²) in [6.45, 7) is 10.7. The fourth-order valence-electron chi connectivity index (χ4n) is 3.09. The molecule has 33 heavy (non-hydrogen) atoms. The van der Waals surface area contributed by atoms with E-state index in [9.17, 15) is 9.59 Å². The normalized spacial score (nSPS) is 15.6. The van der Waals surface area contributed by atoms with Crippen LogP contribution < -0.4 is 20.6 Å². The molecular formula is C26H32BN2O4.